The smallest absolute Gasteiger partial charge is 0.292 e. The summed E-state index contributed by atoms with van der Waals surface area (Å²) in [6.45, 7) is 1.85. The molecule has 1 aromatic carbocycles. The molecular formula is C20H14N4O3S. The molecule has 0 saturated carbocycles. The number of carbonyl (C=O) groups is 1. The highest BCUT2D eigenvalue weighted by atomic mass is 32.1. The van der Waals surface area contributed by atoms with Gasteiger partial charge in [-0.2, -0.15) is 9.78 Å². The molecule has 28 heavy (non-hydrogen) atoms. The lowest BCUT2D eigenvalue weighted by Crippen LogP contribution is -2.14. The second-order valence-electron chi connectivity index (χ2n) is 6.18. The highest BCUT2D eigenvalue weighted by Gasteiger charge is 2.17. The van der Waals surface area contributed by atoms with E-state index < -0.39 is 0 Å². The number of rotatable bonds is 4. The third kappa shape index (κ3) is 2.89. The number of fused-ring (bicyclic) bond motifs is 1. The van der Waals surface area contributed by atoms with E-state index in [4.69, 9.17) is 8.83 Å². The van der Waals surface area contributed by atoms with Crippen molar-refractivity contribution < 1.29 is 13.6 Å². The van der Waals surface area contributed by atoms with Gasteiger partial charge in [0, 0.05) is 16.8 Å². The summed E-state index contributed by atoms with van der Waals surface area (Å²) in [7, 11) is 0. The Bertz CT molecular complexity index is 1250. The summed E-state index contributed by atoms with van der Waals surface area (Å²) in [5, 5.41) is 10.8. The molecule has 1 amide bonds. The lowest BCUT2D eigenvalue weighted by atomic mass is 10.2. The van der Waals surface area contributed by atoms with Gasteiger partial charge < -0.3 is 14.2 Å². The molecule has 5 aromatic rings. The number of hydrogen-bond acceptors (Lipinski definition) is 6. The van der Waals surface area contributed by atoms with Crippen molar-refractivity contribution in [3.63, 3.8) is 0 Å². The molecule has 0 aliphatic rings. The van der Waals surface area contributed by atoms with E-state index in [0.29, 0.717) is 22.4 Å². The quantitative estimate of drug-likeness (QED) is 0.472. The van der Waals surface area contributed by atoms with Gasteiger partial charge in [0.2, 0.25) is 5.13 Å². The maximum Gasteiger partial charge on any atom is 0.292 e. The second-order valence-corrected chi connectivity index (χ2v) is 7.01. The fraction of sp³-hybridized carbons (Fsp3) is 0.0500. The van der Waals surface area contributed by atoms with Crippen molar-refractivity contribution in [3.05, 3.63) is 71.6 Å². The molecule has 0 aliphatic heterocycles. The minimum atomic E-state index is -0.347. The number of nitrogens with one attached hydrogen (secondary N) is 1. The van der Waals surface area contributed by atoms with Crippen molar-refractivity contribution in [1.82, 2.24) is 14.8 Å². The minimum absolute atomic E-state index is 0.229. The number of furan rings is 2. The van der Waals surface area contributed by atoms with Gasteiger partial charge >= 0.3 is 0 Å². The Balaban J connectivity index is 1.48. The normalized spacial score (nSPS) is 11.2. The molecule has 4 aromatic heterocycles. The molecule has 7 nitrogen and oxygen atoms in total. The van der Waals surface area contributed by atoms with Crippen molar-refractivity contribution in [2.75, 3.05) is 5.32 Å². The van der Waals surface area contributed by atoms with E-state index >= 15 is 0 Å². The average Bonchev–Trinajstić information content (AvgIpc) is 3.47. The first-order chi connectivity index (χ1) is 13.7. The SMILES string of the molecule is Cc1cc(NC(=O)c2ccco2)n(-c2nc(-c3cc4ccccc4o3)cs2)n1. The van der Waals surface area contributed by atoms with Crippen LogP contribution in [-0.2, 0) is 0 Å². The summed E-state index contributed by atoms with van der Waals surface area (Å²) >= 11 is 1.41. The molecular weight excluding hydrogens is 376 g/mol. The van der Waals surface area contributed by atoms with Gasteiger partial charge in [0.1, 0.15) is 17.1 Å². The van der Waals surface area contributed by atoms with Crippen LogP contribution in [-0.4, -0.2) is 20.7 Å². The summed E-state index contributed by atoms with van der Waals surface area (Å²) < 4.78 is 12.6. The van der Waals surface area contributed by atoms with Crippen LogP contribution in [0.4, 0.5) is 5.82 Å². The van der Waals surface area contributed by atoms with E-state index in [9.17, 15) is 4.79 Å². The van der Waals surface area contributed by atoms with Gasteiger partial charge in [-0.1, -0.05) is 18.2 Å². The number of anilines is 1. The van der Waals surface area contributed by atoms with Gasteiger partial charge in [-0.15, -0.1) is 11.3 Å². The molecule has 4 heterocycles. The summed E-state index contributed by atoms with van der Waals surface area (Å²) in [4.78, 5) is 17.0. The fourth-order valence-corrected chi connectivity index (χ4v) is 3.68. The van der Waals surface area contributed by atoms with Crippen LogP contribution in [0.15, 0.2) is 69.0 Å². The van der Waals surface area contributed by atoms with Crippen LogP contribution in [0.1, 0.15) is 16.2 Å². The molecule has 5 rings (SSSR count). The number of thiazole rings is 1. The van der Waals surface area contributed by atoms with Crippen LogP contribution >= 0.6 is 11.3 Å². The molecule has 0 fully saturated rings. The fourth-order valence-electron chi connectivity index (χ4n) is 2.90. The zero-order valence-electron chi connectivity index (χ0n) is 14.7. The van der Waals surface area contributed by atoms with Crippen LogP contribution in [0.25, 0.3) is 27.6 Å². The Morgan fingerprint density at radius 1 is 1.18 bits per heavy atom. The van der Waals surface area contributed by atoms with Gasteiger partial charge in [0.05, 0.1) is 12.0 Å². The Morgan fingerprint density at radius 3 is 2.89 bits per heavy atom. The number of hydrogen-bond donors (Lipinski definition) is 1. The zero-order chi connectivity index (χ0) is 19.1. The number of aromatic nitrogens is 3. The number of carbonyl (C=O) groups excluding carboxylic acids is 1. The molecule has 0 unspecified atom stereocenters. The standard InChI is InChI=1S/C20H14N4O3S/c1-12-9-18(22-19(25)16-7-4-8-26-16)24(23-12)20-21-14(11-28-20)17-10-13-5-2-3-6-15(13)27-17/h2-11H,1H3,(H,22,25). The highest BCUT2D eigenvalue weighted by Crippen LogP contribution is 2.30. The number of benzene rings is 1. The molecule has 8 heteroatoms. The molecule has 0 spiro atoms. The average molecular weight is 390 g/mol. The van der Waals surface area contributed by atoms with Gasteiger partial charge in [-0.05, 0) is 31.2 Å². The third-order valence-corrected chi connectivity index (χ3v) is 4.99. The van der Waals surface area contributed by atoms with Gasteiger partial charge in [0.25, 0.3) is 5.91 Å². The Hall–Kier alpha value is -3.65. The number of nitrogens with zero attached hydrogens (tertiary/aromatic N) is 3. The second kappa shape index (κ2) is 6.50. The van der Waals surface area contributed by atoms with Gasteiger partial charge in [-0.3, -0.25) is 4.79 Å². The van der Waals surface area contributed by atoms with Gasteiger partial charge in [-0.25, -0.2) is 4.98 Å². The zero-order valence-corrected chi connectivity index (χ0v) is 15.6. The van der Waals surface area contributed by atoms with E-state index in [0.717, 1.165) is 16.7 Å². The maximum absolute atomic E-state index is 12.3. The van der Waals surface area contributed by atoms with Crippen LogP contribution in [0.5, 0.6) is 0 Å². The van der Waals surface area contributed by atoms with E-state index in [-0.39, 0.29) is 11.7 Å². The number of para-hydroxylation sites is 1. The van der Waals surface area contributed by atoms with E-state index in [1.165, 1.54) is 17.6 Å². The van der Waals surface area contributed by atoms with Crippen molar-refractivity contribution >= 4 is 34.0 Å². The van der Waals surface area contributed by atoms with Crippen LogP contribution in [0.2, 0.25) is 0 Å². The van der Waals surface area contributed by atoms with E-state index in [2.05, 4.69) is 15.4 Å². The predicted octanol–water partition coefficient (Wildman–Crippen LogP) is 4.90. The lowest BCUT2D eigenvalue weighted by molar-refractivity contribution is 0.0996. The summed E-state index contributed by atoms with van der Waals surface area (Å²) in [5.41, 5.74) is 2.29. The monoisotopic (exact) mass is 390 g/mol. The highest BCUT2D eigenvalue weighted by molar-refractivity contribution is 7.12. The molecule has 0 radical (unpaired) electrons. The topological polar surface area (TPSA) is 86.1 Å². The first kappa shape index (κ1) is 16.5. The summed E-state index contributed by atoms with van der Waals surface area (Å²) in [5.74, 6) is 1.09. The summed E-state index contributed by atoms with van der Waals surface area (Å²) in [6, 6.07) is 14.8. The molecule has 0 atom stereocenters. The first-order valence-corrected chi connectivity index (χ1v) is 9.42. The van der Waals surface area contributed by atoms with Crippen LogP contribution in [0, 0.1) is 6.92 Å². The number of aryl methyl sites for hydroxylation is 1. The van der Waals surface area contributed by atoms with E-state index in [1.54, 1.807) is 22.9 Å². The Labute approximate surface area is 163 Å². The van der Waals surface area contributed by atoms with Crippen molar-refractivity contribution in [2.24, 2.45) is 0 Å². The predicted molar refractivity (Wildman–Crippen MR) is 106 cm³/mol. The maximum atomic E-state index is 12.3. The first-order valence-electron chi connectivity index (χ1n) is 8.54. The largest absolute Gasteiger partial charge is 0.459 e. The summed E-state index contributed by atoms with van der Waals surface area (Å²) in [6.07, 6.45) is 1.46. The lowest BCUT2D eigenvalue weighted by Gasteiger charge is -2.04. The third-order valence-electron chi connectivity index (χ3n) is 4.17. The van der Waals surface area contributed by atoms with Crippen molar-refractivity contribution in [2.45, 2.75) is 6.92 Å². The molecule has 1 N–H and O–H groups in total. The molecule has 0 bridgehead atoms. The minimum Gasteiger partial charge on any atom is -0.459 e. The van der Waals surface area contributed by atoms with Crippen molar-refractivity contribution in [3.8, 4) is 16.6 Å². The Kier molecular flexibility index (Phi) is 3.84. The molecule has 0 saturated heterocycles. The van der Waals surface area contributed by atoms with Crippen LogP contribution in [0.3, 0.4) is 0 Å². The van der Waals surface area contributed by atoms with Gasteiger partial charge in [0.15, 0.2) is 11.5 Å². The van der Waals surface area contributed by atoms with E-state index in [1.807, 2.05) is 42.6 Å². The number of amides is 1. The van der Waals surface area contributed by atoms with Crippen molar-refractivity contribution in [1.29, 1.82) is 0 Å². The Morgan fingerprint density at radius 2 is 2.07 bits per heavy atom. The van der Waals surface area contributed by atoms with Crippen LogP contribution < -0.4 is 5.32 Å². The molecule has 138 valence electrons. The molecule has 0 aliphatic carbocycles.